The van der Waals surface area contributed by atoms with Crippen LogP contribution in [-0.2, 0) is 9.53 Å². The fourth-order valence-corrected chi connectivity index (χ4v) is 1.49. The molecule has 0 aromatic carbocycles. The zero-order valence-corrected chi connectivity index (χ0v) is 10.7. The minimum Gasteiger partial charge on any atom is -0.388 e. The van der Waals surface area contributed by atoms with E-state index in [9.17, 15) is 9.90 Å². The fourth-order valence-electron chi connectivity index (χ4n) is 1.49. The summed E-state index contributed by atoms with van der Waals surface area (Å²) in [6.07, 6.45) is 2.48. The molecule has 1 aliphatic rings. The van der Waals surface area contributed by atoms with Crippen molar-refractivity contribution in [1.82, 2.24) is 5.32 Å². The van der Waals surface area contributed by atoms with Gasteiger partial charge in [-0.15, -0.1) is 0 Å². The number of aliphatic hydroxyl groups is 1. The van der Waals surface area contributed by atoms with Crippen molar-refractivity contribution in [2.24, 2.45) is 0 Å². The number of ether oxygens (including phenoxy) is 1. The molecule has 4 heteroatoms. The van der Waals surface area contributed by atoms with Crippen molar-refractivity contribution < 1.29 is 14.6 Å². The lowest BCUT2D eigenvalue weighted by Gasteiger charge is -2.39. The van der Waals surface area contributed by atoms with Gasteiger partial charge in [0.25, 0.3) is 0 Å². The van der Waals surface area contributed by atoms with Gasteiger partial charge >= 0.3 is 0 Å². The van der Waals surface area contributed by atoms with Gasteiger partial charge < -0.3 is 15.2 Å². The van der Waals surface area contributed by atoms with Crippen molar-refractivity contribution >= 4 is 5.91 Å². The molecule has 1 unspecified atom stereocenters. The molecule has 0 aromatic heterocycles. The van der Waals surface area contributed by atoms with Gasteiger partial charge in [0.1, 0.15) is 6.10 Å². The van der Waals surface area contributed by atoms with E-state index in [1.165, 1.54) is 0 Å². The third kappa shape index (κ3) is 3.19. The Hall–Kier alpha value is -0.610. The highest BCUT2D eigenvalue weighted by molar-refractivity contribution is 5.81. The van der Waals surface area contributed by atoms with Crippen LogP contribution in [0, 0.1) is 0 Å². The highest BCUT2D eigenvalue weighted by atomic mass is 16.5. The number of amides is 1. The van der Waals surface area contributed by atoms with E-state index in [2.05, 4.69) is 5.32 Å². The molecule has 0 saturated carbocycles. The van der Waals surface area contributed by atoms with Gasteiger partial charge in [-0.3, -0.25) is 4.79 Å². The van der Waals surface area contributed by atoms with E-state index in [4.69, 9.17) is 4.74 Å². The molecule has 1 rings (SSSR count). The molecule has 16 heavy (non-hydrogen) atoms. The van der Waals surface area contributed by atoms with Gasteiger partial charge in [-0.1, -0.05) is 0 Å². The molecular formula is C12H23NO3. The van der Waals surface area contributed by atoms with E-state index in [1.54, 1.807) is 13.8 Å². The number of carbonyl (C=O) groups excluding carboxylic acids is 1. The van der Waals surface area contributed by atoms with Gasteiger partial charge in [-0.05, 0) is 47.0 Å². The van der Waals surface area contributed by atoms with Crippen molar-refractivity contribution in [2.75, 3.05) is 6.61 Å². The minimum absolute atomic E-state index is 0.119. The predicted octanol–water partition coefficient (Wildman–Crippen LogP) is 1.22. The number of hydrogen-bond acceptors (Lipinski definition) is 3. The monoisotopic (exact) mass is 229 g/mol. The second kappa shape index (κ2) is 4.72. The van der Waals surface area contributed by atoms with Crippen molar-refractivity contribution in [3.63, 3.8) is 0 Å². The Morgan fingerprint density at radius 1 is 1.31 bits per heavy atom. The normalized spacial score (nSPS) is 22.9. The Morgan fingerprint density at radius 3 is 2.38 bits per heavy atom. The molecule has 0 bridgehead atoms. The Labute approximate surface area is 97.4 Å². The third-order valence-electron chi connectivity index (χ3n) is 3.44. The summed E-state index contributed by atoms with van der Waals surface area (Å²) in [4.78, 5) is 11.9. The molecule has 2 N–H and O–H groups in total. The lowest BCUT2D eigenvalue weighted by atomic mass is 9.85. The van der Waals surface area contributed by atoms with Crippen molar-refractivity contribution in [3.8, 4) is 0 Å². The first-order valence-corrected chi connectivity index (χ1v) is 5.90. The molecule has 1 aliphatic heterocycles. The Kier molecular flexibility index (Phi) is 3.97. The zero-order valence-electron chi connectivity index (χ0n) is 10.7. The van der Waals surface area contributed by atoms with Gasteiger partial charge in [-0.25, -0.2) is 0 Å². The average molecular weight is 229 g/mol. The van der Waals surface area contributed by atoms with Crippen molar-refractivity contribution in [1.29, 1.82) is 0 Å². The number of rotatable bonds is 3. The molecule has 1 heterocycles. The summed E-state index contributed by atoms with van der Waals surface area (Å²) in [7, 11) is 0. The van der Waals surface area contributed by atoms with Crippen LogP contribution in [-0.4, -0.2) is 34.9 Å². The molecule has 0 aliphatic carbocycles. The zero-order chi connectivity index (χ0) is 12.4. The van der Waals surface area contributed by atoms with Crippen molar-refractivity contribution in [2.45, 2.75) is 64.2 Å². The van der Waals surface area contributed by atoms with Crippen LogP contribution in [0.25, 0.3) is 0 Å². The van der Waals surface area contributed by atoms with Gasteiger partial charge in [0.05, 0.1) is 11.1 Å². The van der Waals surface area contributed by atoms with Crippen LogP contribution in [0.2, 0.25) is 0 Å². The summed E-state index contributed by atoms with van der Waals surface area (Å²) in [5.41, 5.74) is -1.62. The second-order valence-electron chi connectivity index (χ2n) is 5.53. The van der Waals surface area contributed by atoms with Crippen molar-refractivity contribution in [3.05, 3.63) is 0 Å². The third-order valence-corrected chi connectivity index (χ3v) is 3.44. The van der Waals surface area contributed by atoms with Gasteiger partial charge in [0, 0.05) is 6.61 Å². The molecule has 94 valence electrons. The van der Waals surface area contributed by atoms with Crippen LogP contribution >= 0.6 is 0 Å². The summed E-state index contributed by atoms with van der Waals surface area (Å²) >= 11 is 0. The Balaban J connectivity index is 2.56. The topological polar surface area (TPSA) is 58.6 Å². The Morgan fingerprint density at radius 2 is 1.94 bits per heavy atom. The first kappa shape index (κ1) is 13.5. The van der Waals surface area contributed by atoms with Crippen LogP contribution in [0.5, 0.6) is 0 Å². The molecule has 0 aromatic rings. The van der Waals surface area contributed by atoms with E-state index in [-0.39, 0.29) is 12.0 Å². The molecule has 1 saturated heterocycles. The first-order chi connectivity index (χ1) is 7.24. The maximum absolute atomic E-state index is 11.9. The predicted molar refractivity (Wildman–Crippen MR) is 62.1 cm³/mol. The number of nitrogens with one attached hydrogen (secondary N) is 1. The SMILES string of the molecule is CC(C)(O)C(C)(C)NC(=O)C1CCCCO1. The van der Waals surface area contributed by atoms with Gasteiger partial charge in [0.15, 0.2) is 0 Å². The van der Waals surface area contributed by atoms with Gasteiger partial charge in [-0.2, -0.15) is 0 Å². The lowest BCUT2D eigenvalue weighted by molar-refractivity contribution is -0.140. The van der Waals surface area contributed by atoms with E-state index in [1.807, 2.05) is 13.8 Å². The molecule has 1 fully saturated rings. The second-order valence-corrected chi connectivity index (χ2v) is 5.53. The maximum atomic E-state index is 11.9. The van der Waals surface area contributed by atoms with E-state index >= 15 is 0 Å². The summed E-state index contributed by atoms with van der Waals surface area (Å²) in [5, 5.41) is 12.8. The molecule has 4 nitrogen and oxygen atoms in total. The van der Waals surface area contributed by atoms with Gasteiger partial charge in [0.2, 0.25) is 5.91 Å². The summed E-state index contributed by atoms with van der Waals surface area (Å²) in [6, 6.07) is 0. The number of hydrogen-bond donors (Lipinski definition) is 2. The van der Waals surface area contributed by atoms with Crippen LogP contribution in [0.1, 0.15) is 47.0 Å². The van der Waals surface area contributed by atoms with Crippen LogP contribution < -0.4 is 5.32 Å². The summed E-state index contributed by atoms with van der Waals surface area (Å²) in [6.45, 7) is 7.66. The smallest absolute Gasteiger partial charge is 0.249 e. The van der Waals surface area contributed by atoms with Crippen LogP contribution in [0.3, 0.4) is 0 Å². The first-order valence-electron chi connectivity index (χ1n) is 5.90. The summed E-state index contributed by atoms with van der Waals surface area (Å²) < 4.78 is 5.40. The Bertz CT molecular complexity index is 249. The average Bonchev–Trinajstić information content (AvgIpc) is 2.16. The van der Waals surface area contributed by atoms with E-state index < -0.39 is 11.1 Å². The maximum Gasteiger partial charge on any atom is 0.249 e. The van der Waals surface area contributed by atoms with Crippen LogP contribution in [0.15, 0.2) is 0 Å². The quantitative estimate of drug-likeness (QED) is 0.765. The van der Waals surface area contributed by atoms with E-state index in [0.29, 0.717) is 6.61 Å². The standard InChI is InChI=1S/C12H23NO3/c1-11(2,12(3,4)15)13-10(14)9-7-5-6-8-16-9/h9,15H,5-8H2,1-4H3,(H,13,14). The molecule has 0 spiro atoms. The molecular weight excluding hydrogens is 206 g/mol. The number of carbonyl (C=O) groups is 1. The minimum atomic E-state index is -0.961. The highest BCUT2D eigenvalue weighted by Crippen LogP contribution is 2.22. The lowest BCUT2D eigenvalue weighted by Crippen LogP contribution is -2.60. The van der Waals surface area contributed by atoms with E-state index in [0.717, 1.165) is 19.3 Å². The summed E-state index contributed by atoms with van der Waals surface area (Å²) in [5.74, 6) is -0.119. The molecule has 1 amide bonds. The molecule has 0 radical (unpaired) electrons. The molecule has 1 atom stereocenters. The fraction of sp³-hybridized carbons (Fsp3) is 0.917. The van der Waals surface area contributed by atoms with Crippen LogP contribution in [0.4, 0.5) is 0 Å². The largest absolute Gasteiger partial charge is 0.388 e. The highest BCUT2D eigenvalue weighted by Gasteiger charge is 2.38.